The van der Waals surface area contributed by atoms with E-state index in [0.29, 0.717) is 5.92 Å². The van der Waals surface area contributed by atoms with Crippen molar-refractivity contribution in [3.63, 3.8) is 0 Å². The largest absolute Gasteiger partial charge is 0.497 e. The van der Waals surface area contributed by atoms with E-state index >= 15 is 0 Å². The first-order chi connectivity index (χ1) is 11.2. The van der Waals surface area contributed by atoms with Crippen LogP contribution in [-0.4, -0.2) is 13.0 Å². The van der Waals surface area contributed by atoms with Gasteiger partial charge in [0.25, 0.3) is 5.91 Å². The summed E-state index contributed by atoms with van der Waals surface area (Å²) in [5.74, 6) is 1.54. The summed E-state index contributed by atoms with van der Waals surface area (Å²) < 4.78 is 5.28. The van der Waals surface area contributed by atoms with Gasteiger partial charge in [0.05, 0.1) is 12.7 Å². The van der Waals surface area contributed by atoms with Gasteiger partial charge in [0.2, 0.25) is 0 Å². The molecule has 1 aliphatic carbocycles. The number of methoxy groups -OCH3 is 1. The van der Waals surface area contributed by atoms with Gasteiger partial charge in [-0.1, -0.05) is 19.1 Å². The van der Waals surface area contributed by atoms with Crippen LogP contribution in [0.2, 0.25) is 0 Å². The van der Waals surface area contributed by atoms with Crippen LogP contribution < -0.4 is 15.4 Å². The number of nitrogens with one attached hydrogen (secondary N) is 2. The summed E-state index contributed by atoms with van der Waals surface area (Å²) in [6.45, 7) is 2.29. The molecule has 23 heavy (non-hydrogen) atoms. The molecule has 1 aromatic heterocycles. The van der Waals surface area contributed by atoms with Crippen LogP contribution in [0.1, 0.15) is 45.9 Å². The second kappa shape index (κ2) is 5.57. The Balaban J connectivity index is 1.68. The number of carbonyl (C=O) groups is 1. The maximum Gasteiger partial charge on any atom is 0.256 e. The first-order valence-corrected chi connectivity index (χ1v) is 8.83. The Morgan fingerprint density at radius 3 is 3.00 bits per heavy atom. The number of thiophene rings is 1. The number of rotatable bonds is 2. The molecule has 1 amide bonds. The van der Waals surface area contributed by atoms with Crippen LogP contribution in [0.4, 0.5) is 5.00 Å². The fourth-order valence-corrected chi connectivity index (χ4v) is 4.89. The van der Waals surface area contributed by atoms with E-state index in [2.05, 4.69) is 17.6 Å². The van der Waals surface area contributed by atoms with Gasteiger partial charge in [-0.25, -0.2) is 0 Å². The van der Waals surface area contributed by atoms with Gasteiger partial charge in [0.15, 0.2) is 0 Å². The van der Waals surface area contributed by atoms with E-state index < -0.39 is 0 Å². The normalized spacial score (nSPS) is 22.6. The van der Waals surface area contributed by atoms with Crippen molar-refractivity contribution in [3.05, 3.63) is 45.8 Å². The van der Waals surface area contributed by atoms with Crippen molar-refractivity contribution in [2.75, 3.05) is 12.4 Å². The summed E-state index contributed by atoms with van der Waals surface area (Å²) in [6, 6.07) is 7.81. The number of amides is 1. The first kappa shape index (κ1) is 14.6. The van der Waals surface area contributed by atoms with Crippen LogP contribution >= 0.6 is 11.3 Å². The minimum atomic E-state index is -0.206. The summed E-state index contributed by atoms with van der Waals surface area (Å²) >= 11 is 1.75. The third-order valence-electron chi connectivity index (χ3n) is 4.72. The van der Waals surface area contributed by atoms with E-state index in [9.17, 15) is 4.79 Å². The van der Waals surface area contributed by atoms with Gasteiger partial charge in [-0.15, -0.1) is 11.3 Å². The Kier molecular flexibility index (Phi) is 3.53. The highest BCUT2D eigenvalue weighted by Gasteiger charge is 2.33. The molecule has 2 N–H and O–H groups in total. The van der Waals surface area contributed by atoms with Crippen molar-refractivity contribution in [2.24, 2.45) is 5.92 Å². The van der Waals surface area contributed by atoms with Crippen molar-refractivity contribution in [1.82, 2.24) is 5.32 Å². The SMILES string of the molecule is COc1cccc(C2NC(=O)c3c(sc4c3CCC(C)C4)N2)c1. The third kappa shape index (κ3) is 2.49. The van der Waals surface area contributed by atoms with Crippen molar-refractivity contribution in [1.29, 1.82) is 0 Å². The zero-order chi connectivity index (χ0) is 16.0. The molecule has 2 aromatic rings. The molecule has 0 spiro atoms. The molecule has 2 heterocycles. The number of benzene rings is 1. The van der Waals surface area contributed by atoms with E-state index in [1.54, 1.807) is 18.4 Å². The molecular formula is C18H20N2O2S. The van der Waals surface area contributed by atoms with Crippen molar-refractivity contribution >= 4 is 22.2 Å². The molecule has 2 unspecified atom stereocenters. The number of ether oxygens (including phenoxy) is 1. The van der Waals surface area contributed by atoms with Crippen LogP contribution in [-0.2, 0) is 12.8 Å². The lowest BCUT2D eigenvalue weighted by molar-refractivity contribution is 0.0935. The predicted molar refractivity (Wildman–Crippen MR) is 92.3 cm³/mol. The van der Waals surface area contributed by atoms with Crippen molar-refractivity contribution < 1.29 is 9.53 Å². The van der Waals surface area contributed by atoms with Gasteiger partial charge >= 0.3 is 0 Å². The number of hydrogen-bond acceptors (Lipinski definition) is 4. The molecule has 0 saturated heterocycles. The highest BCUT2D eigenvalue weighted by atomic mass is 32.1. The molecule has 2 atom stereocenters. The number of hydrogen-bond donors (Lipinski definition) is 2. The fraction of sp³-hybridized carbons (Fsp3) is 0.389. The molecule has 0 fully saturated rings. The molecule has 0 saturated carbocycles. The highest BCUT2D eigenvalue weighted by molar-refractivity contribution is 7.16. The summed E-state index contributed by atoms with van der Waals surface area (Å²) in [7, 11) is 1.65. The summed E-state index contributed by atoms with van der Waals surface area (Å²) in [5.41, 5.74) is 3.14. The van der Waals surface area contributed by atoms with E-state index in [1.807, 2.05) is 24.3 Å². The lowest BCUT2D eigenvalue weighted by Gasteiger charge is -2.27. The molecule has 2 aliphatic rings. The zero-order valence-electron chi connectivity index (χ0n) is 13.3. The number of carbonyl (C=O) groups excluding carboxylic acids is 1. The molecular weight excluding hydrogens is 308 g/mol. The zero-order valence-corrected chi connectivity index (χ0v) is 14.1. The lowest BCUT2D eigenvalue weighted by atomic mass is 9.88. The Morgan fingerprint density at radius 2 is 2.17 bits per heavy atom. The van der Waals surface area contributed by atoms with Gasteiger partial charge in [0, 0.05) is 4.88 Å². The molecule has 5 heteroatoms. The van der Waals surface area contributed by atoms with Crippen LogP contribution in [0, 0.1) is 5.92 Å². The summed E-state index contributed by atoms with van der Waals surface area (Å²) in [4.78, 5) is 14.0. The Hall–Kier alpha value is -2.01. The van der Waals surface area contributed by atoms with Crippen LogP contribution in [0.25, 0.3) is 0 Å². The quantitative estimate of drug-likeness (QED) is 0.883. The van der Waals surface area contributed by atoms with Crippen molar-refractivity contribution in [2.45, 2.75) is 32.4 Å². The number of anilines is 1. The third-order valence-corrected chi connectivity index (χ3v) is 5.90. The van der Waals surface area contributed by atoms with E-state index in [-0.39, 0.29) is 12.1 Å². The van der Waals surface area contributed by atoms with E-state index in [0.717, 1.165) is 34.7 Å². The van der Waals surface area contributed by atoms with Crippen molar-refractivity contribution in [3.8, 4) is 5.75 Å². The molecule has 4 rings (SSSR count). The average Bonchev–Trinajstić information content (AvgIpc) is 2.92. The monoisotopic (exact) mass is 328 g/mol. The van der Waals surface area contributed by atoms with Crippen LogP contribution in [0.3, 0.4) is 0 Å². The van der Waals surface area contributed by atoms with Gasteiger partial charge in [-0.05, 0) is 48.4 Å². The van der Waals surface area contributed by atoms with E-state index in [4.69, 9.17) is 4.74 Å². The minimum Gasteiger partial charge on any atom is -0.497 e. The maximum absolute atomic E-state index is 12.7. The first-order valence-electron chi connectivity index (χ1n) is 8.01. The highest BCUT2D eigenvalue weighted by Crippen LogP contribution is 2.42. The average molecular weight is 328 g/mol. The van der Waals surface area contributed by atoms with E-state index in [1.165, 1.54) is 16.9 Å². The summed E-state index contributed by atoms with van der Waals surface area (Å²) in [5, 5.41) is 7.60. The number of fused-ring (bicyclic) bond motifs is 3. The van der Waals surface area contributed by atoms with Gasteiger partial charge in [0.1, 0.15) is 16.9 Å². The summed E-state index contributed by atoms with van der Waals surface area (Å²) in [6.07, 6.45) is 3.07. The smallest absolute Gasteiger partial charge is 0.256 e. The second-order valence-electron chi connectivity index (χ2n) is 6.38. The van der Waals surface area contributed by atoms with Gasteiger partial charge in [-0.2, -0.15) is 0 Å². The van der Waals surface area contributed by atoms with Crippen LogP contribution in [0.15, 0.2) is 24.3 Å². The molecule has 4 nitrogen and oxygen atoms in total. The molecule has 120 valence electrons. The Bertz CT molecular complexity index is 768. The second-order valence-corrected chi connectivity index (χ2v) is 7.49. The van der Waals surface area contributed by atoms with Gasteiger partial charge < -0.3 is 15.4 Å². The fourth-order valence-electron chi connectivity index (χ4n) is 3.45. The minimum absolute atomic E-state index is 0.0404. The molecule has 1 aliphatic heterocycles. The van der Waals surface area contributed by atoms with Gasteiger partial charge in [-0.3, -0.25) is 4.79 Å². The standard InChI is InChI=1S/C18H20N2O2S/c1-10-6-7-13-14(8-10)23-18-15(13)17(21)19-16(20-18)11-4-3-5-12(9-11)22-2/h3-5,9-10,16,20H,6-8H2,1-2H3,(H,19,21). The topological polar surface area (TPSA) is 50.4 Å². The predicted octanol–water partition coefficient (Wildman–Crippen LogP) is 3.74. The molecule has 0 radical (unpaired) electrons. The molecule has 0 bridgehead atoms. The lowest BCUT2D eigenvalue weighted by Crippen LogP contribution is -2.38. The Labute approximate surface area is 139 Å². The Morgan fingerprint density at radius 1 is 1.30 bits per heavy atom. The van der Waals surface area contributed by atoms with Crippen LogP contribution in [0.5, 0.6) is 5.75 Å². The maximum atomic E-state index is 12.7. The molecule has 1 aromatic carbocycles.